The van der Waals surface area contributed by atoms with Crippen LogP contribution in [0.4, 0.5) is 5.69 Å². The number of benzene rings is 1. The van der Waals surface area contributed by atoms with Gasteiger partial charge in [-0.2, -0.15) is 0 Å². The molecule has 9 nitrogen and oxygen atoms in total. The van der Waals surface area contributed by atoms with Crippen molar-refractivity contribution in [3.05, 3.63) is 29.8 Å². The van der Waals surface area contributed by atoms with Crippen molar-refractivity contribution in [3.63, 3.8) is 0 Å². The minimum atomic E-state index is 0.576. The number of nitrogen functional groups attached to an aromatic ring is 1. The number of nitrogens with one attached hydrogen (secondary N) is 7. The molecular weight excluding hydrogens is 450 g/mol. The Labute approximate surface area is 219 Å². The number of rotatable bonds is 3. The minimum absolute atomic E-state index is 0.576. The smallest absolute Gasteiger partial charge is 0.0314 e. The number of anilines is 1. The Morgan fingerprint density at radius 2 is 1.03 bits per heavy atom. The molecule has 0 amide bonds. The molecule has 9 heteroatoms. The van der Waals surface area contributed by atoms with Crippen LogP contribution in [0.5, 0.6) is 0 Å². The normalized spacial score (nSPS) is 24.9. The summed E-state index contributed by atoms with van der Waals surface area (Å²) in [6.07, 6.45) is 2.36. The molecule has 2 saturated heterocycles. The van der Waals surface area contributed by atoms with Crippen molar-refractivity contribution in [1.29, 1.82) is 0 Å². The standard InChI is InChI=1S/C27H53N9/c28-27-5-3-24(4-6-27)23-36-17-2-9-31-12-15-34-21-26(22-35-16-18-36)25-19-32-13-10-29-7-1-8-30-11-14-33-20-25/h3-6,25-26,29-35H,1-2,7-23,28H2. The van der Waals surface area contributed by atoms with Crippen LogP contribution in [0, 0.1) is 11.8 Å². The molecule has 1 aromatic rings. The van der Waals surface area contributed by atoms with E-state index >= 15 is 0 Å². The first-order valence-electron chi connectivity index (χ1n) is 14.3. The summed E-state index contributed by atoms with van der Waals surface area (Å²) < 4.78 is 0. The molecule has 0 aromatic heterocycles. The lowest BCUT2D eigenvalue weighted by Gasteiger charge is -2.30. The highest BCUT2D eigenvalue weighted by atomic mass is 15.1. The van der Waals surface area contributed by atoms with Gasteiger partial charge in [-0.1, -0.05) is 12.1 Å². The van der Waals surface area contributed by atoms with Crippen molar-refractivity contribution >= 4 is 5.69 Å². The lowest BCUT2D eigenvalue weighted by molar-refractivity contribution is 0.244. The van der Waals surface area contributed by atoms with Crippen LogP contribution in [0.25, 0.3) is 0 Å². The zero-order valence-electron chi connectivity index (χ0n) is 22.4. The summed E-state index contributed by atoms with van der Waals surface area (Å²) in [5.41, 5.74) is 8.06. The van der Waals surface area contributed by atoms with Crippen molar-refractivity contribution in [2.24, 2.45) is 11.8 Å². The van der Waals surface area contributed by atoms with Crippen LogP contribution in [0.15, 0.2) is 24.3 Å². The van der Waals surface area contributed by atoms with Crippen LogP contribution in [0.3, 0.4) is 0 Å². The van der Waals surface area contributed by atoms with Gasteiger partial charge in [0, 0.05) is 64.6 Å². The molecule has 2 aliphatic heterocycles. The molecule has 1 aromatic carbocycles. The van der Waals surface area contributed by atoms with Gasteiger partial charge in [-0.05, 0) is 94.7 Å². The number of hydrogen-bond donors (Lipinski definition) is 8. The fourth-order valence-electron chi connectivity index (χ4n) is 5.02. The second-order valence-corrected chi connectivity index (χ2v) is 10.3. The molecule has 0 bridgehead atoms. The maximum Gasteiger partial charge on any atom is 0.0314 e. The highest BCUT2D eigenvalue weighted by Gasteiger charge is 2.21. The molecule has 2 heterocycles. The number of nitrogens with zero attached hydrogens (tertiary/aromatic N) is 1. The zero-order chi connectivity index (χ0) is 25.1. The Hall–Kier alpha value is -1.30. The number of nitrogens with two attached hydrogens (primary N) is 1. The van der Waals surface area contributed by atoms with Gasteiger partial charge < -0.3 is 43.0 Å². The fraction of sp³-hybridized carbons (Fsp3) is 0.778. The van der Waals surface area contributed by atoms with Gasteiger partial charge in [-0.15, -0.1) is 0 Å². The van der Waals surface area contributed by atoms with E-state index in [1.807, 2.05) is 12.1 Å². The molecule has 2 aliphatic rings. The van der Waals surface area contributed by atoms with Gasteiger partial charge in [0.25, 0.3) is 0 Å². The summed E-state index contributed by atoms with van der Waals surface area (Å²) in [4.78, 5) is 2.57. The van der Waals surface area contributed by atoms with E-state index in [-0.39, 0.29) is 0 Å². The van der Waals surface area contributed by atoms with Crippen LogP contribution in [0.1, 0.15) is 18.4 Å². The average molecular weight is 504 g/mol. The lowest BCUT2D eigenvalue weighted by Crippen LogP contribution is -2.47. The van der Waals surface area contributed by atoms with E-state index in [0.717, 1.165) is 117 Å². The summed E-state index contributed by atoms with van der Waals surface area (Å²) in [5.74, 6) is 1.16. The van der Waals surface area contributed by atoms with Crippen molar-refractivity contribution in [1.82, 2.24) is 42.1 Å². The van der Waals surface area contributed by atoms with Crippen molar-refractivity contribution in [2.45, 2.75) is 19.4 Å². The second kappa shape index (κ2) is 18.9. The Morgan fingerprint density at radius 3 is 1.58 bits per heavy atom. The van der Waals surface area contributed by atoms with E-state index in [4.69, 9.17) is 5.73 Å². The first-order valence-corrected chi connectivity index (χ1v) is 14.3. The molecular formula is C27H53N9. The Kier molecular flexibility index (Phi) is 15.3. The SMILES string of the molecule is Nc1ccc(CN2CCCNCCNCC(C3CNCCNCCCNCCNC3)CNCC2)cc1. The molecule has 1 atom stereocenters. The van der Waals surface area contributed by atoms with Crippen LogP contribution in [0.2, 0.25) is 0 Å². The van der Waals surface area contributed by atoms with Crippen molar-refractivity contribution < 1.29 is 0 Å². The Bertz CT molecular complexity index is 643. The molecule has 3 rings (SSSR count). The monoisotopic (exact) mass is 503 g/mol. The maximum atomic E-state index is 5.89. The predicted octanol–water partition coefficient (Wildman–Crippen LogP) is -0.762. The summed E-state index contributed by atoms with van der Waals surface area (Å²) in [5, 5.41) is 25.7. The minimum Gasteiger partial charge on any atom is -0.399 e. The van der Waals surface area contributed by atoms with Gasteiger partial charge >= 0.3 is 0 Å². The van der Waals surface area contributed by atoms with Gasteiger partial charge in [-0.3, -0.25) is 4.90 Å². The first-order chi connectivity index (χ1) is 17.8. The third-order valence-corrected chi connectivity index (χ3v) is 7.25. The summed E-state index contributed by atoms with van der Waals surface area (Å²) in [7, 11) is 0. The largest absolute Gasteiger partial charge is 0.399 e. The third-order valence-electron chi connectivity index (χ3n) is 7.25. The summed E-state index contributed by atoms with van der Waals surface area (Å²) >= 11 is 0. The van der Waals surface area contributed by atoms with E-state index < -0.39 is 0 Å². The molecule has 0 aliphatic carbocycles. The Balaban J connectivity index is 1.53. The van der Waals surface area contributed by atoms with Crippen LogP contribution in [-0.4, -0.2) is 110 Å². The highest BCUT2D eigenvalue weighted by molar-refractivity contribution is 5.39. The van der Waals surface area contributed by atoms with E-state index in [1.165, 1.54) is 18.4 Å². The van der Waals surface area contributed by atoms with Crippen molar-refractivity contribution in [3.8, 4) is 0 Å². The van der Waals surface area contributed by atoms with Crippen LogP contribution >= 0.6 is 0 Å². The predicted molar refractivity (Wildman–Crippen MR) is 152 cm³/mol. The van der Waals surface area contributed by atoms with Crippen LogP contribution < -0.4 is 43.0 Å². The van der Waals surface area contributed by atoms with Gasteiger partial charge in [0.05, 0.1) is 0 Å². The van der Waals surface area contributed by atoms with Gasteiger partial charge in [0.2, 0.25) is 0 Å². The molecule has 36 heavy (non-hydrogen) atoms. The quantitative estimate of drug-likeness (QED) is 0.252. The topological polar surface area (TPSA) is 113 Å². The second-order valence-electron chi connectivity index (χ2n) is 10.3. The lowest BCUT2D eigenvalue weighted by atomic mass is 9.91. The van der Waals surface area contributed by atoms with Gasteiger partial charge in [0.1, 0.15) is 0 Å². The molecule has 1 unspecified atom stereocenters. The van der Waals surface area contributed by atoms with E-state index in [1.54, 1.807) is 0 Å². The molecule has 0 saturated carbocycles. The highest BCUT2D eigenvalue weighted by Crippen LogP contribution is 2.11. The van der Waals surface area contributed by atoms with Crippen molar-refractivity contribution in [2.75, 3.05) is 110 Å². The molecule has 206 valence electrons. The molecule has 2 fully saturated rings. The van der Waals surface area contributed by atoms with E-state index in [0.29, 0.717) is 11.8 Å². The maximum absolute atomic E-state index is 5.89. The molecule has 0 spiro atoms. The molecule has 9 N–H and O–H groups in total. The molecule has 0 radical (unpaired) electrons. The number of hydrogen-bond acceptors (Lipinski definition) is 9. The van der Waals surface area contributed by atoms with Gasteiger partial charge in [0.15, 0.2) is 0 Å². The van der Waals surface area contributed by atoms with Crippen LogP contribution in [-0.2, 0) is 6.54 Å². The average Bonchev–Trinajstić information content (AvgIpc) is 2.89. The first kappa shape index (κ1) is 29.3. The third kappa shape index (κ3) is 12.8. The van der Waals surface area contributed by atoms with E-state index in [2.05, 4.69) is 54.3 Å². The summed E-state index contributed by atoms with van der Waals surface area (Å²) in [6, 6.07) is 8.34. The fourth-order valence-corrected chi connectivity index (χ4v) is 5.02. The van der Waals surface area contributed by atoms with Gasteiger partial charge in [-0.25, -0.2) is 0 Å². The summed E-state index contributed by atoms with van der Waals surface area (Å²) in [6.45, 7) is 17.8. The Morgan fingerprint density at radius 1 is 0.556 bits per heavy atom. The zero-order valence-corrected chi connectivity index (χ0v) is 22.4. The van der Waals surface area contributed by atoms with E-state index in [9.17, 15) is 0 Å².